The number of carbonyl (C=O) groups excluding carboxylic acids is 1. The van der Waals surface area contributed by atoms with Crippen LogP contribution in [0.2, 0.25) is 0 Å². The van der Waals surface area contributed by atoms with Crippen LogP contribution in [0.1, 0.15) is 26.2 Å². The van der Waals surface area contributed by atoms with Gasteiger partial charge in [-0.15, -0.1) is 22.7 Å². The van der Waals surface area contributed by atoms with Crippen molar-refractivity contribution in [2.24, 2.45) is 5.73 Å². The van der Waals surface area contributed by atoms with Crippen LogP contribution in [0.25, 0.3) is 0 Å². The van der Waals surface area contributed by atoms with Gasteiger partial charge in [-0.1, -0.05) is 0 Å². The van der Waals surface area contributed by atoms with Gasteiger partial charge < -0.3 is 11.1 Å². The van der Waals surface area contributed by atoms with Gasteiger partial charge in [0.1, 0.15) is 15.7 Å². The summed E-state index contributed by atoms with van der Waals surface area (Å²) in [6, 6.07) is 0. The van der Waals surface area contributed by atoms with Crippen LogP contribution in [0.5, 0.6) is 0 Å². The van der Waals surface area contributed by atoms with Crippen molar-refractivity contribution in [3.05, 3.63) is 32.2 Å². The van der Waals surface area contributed by atoms with Gasteiger partial charge in [0.05, 0.1) is 6.54 Å². The number of amides is 1. The molecule has 2 aromatic heterocycles. The van der Waals surface area contributed by atoms with Crippen LogP contribution in [0, 0.1) is 0 Å². The van der Waals surface area contributed by atoms with Gasteiger partial charge in [-0.25, -0.2) is 9.97 Å². The summed E-state index contributed by atoms with van der Waals surface area (Å²) in [6.45, 7) is 0.161. The van der Waals surface area contributed by atoms with Gasteiger partial charge in [-0.05, 0) is 0 Å². The monoisotopic (exact) mass is 322 g/mol. The van der Waals surface area contributed by atoms with E-state index in [9.17, 15) is 18.0 Å². The smallest absolute Gasteiger partial charge is 0.344 e. The average molecular weight is 322 g/mol. The summed E-state index contributed by atoms with van der Waals surface area (Å²) in [7, 11) is 0. The first-order valence-corrected chi connectivity index (χ1v) is 7.10. The molecule has 0 atom stereocenters. The Labute approximate surface area is 119 Å². The van der Waals surface area contributed by atoms with E-state index in [4.69, 9.17) is 5.73 Å². The van der Waals surface area contributed by atoms with Crippen molar-refractivity contribution < 1.29 is 18.0 Å². The lowest BCUT2D eigenvalue weighted by Gasteiger charge is -2.01. The predicted octanol–water partition coefficient (Wildman–Crippen LogP) is 2.01. The Hall–Kier alpha value is -1.52. The van der Waals surface area contributed by atoms with Gasteiger partial charge in [-0.2, -0.15) is 13.2 Å². The Balaban J connectivity index is 1.95. The largest absolute Gasteiger partial charge is 0.434 e. The van der Waals surface area contributed by atoms with Crippen LogP contribution in [-0.4, -0.2) is 15.9 Å². The second kappa shape index (κ2) is 5.85. The molecule has 0 aliphatic carbocycles. The number of alkyl halides is 3. The van der Waals surface area contributed by atoms with Gasteiger partial charge in [0, 0.05) is 17.3 Å². The molecule has 108 valence electrons. The number of thiazole rings is 2. The molecule has 1 amide bonds. The molecule has 0 saturated carbocycles. The maximum absolute atomic E-state index is 12.3. The molecule has 2 aromatic rings. The normalized spacial score (nSPS) is 11.6. The Kier molecular flexibility index (Phi) is 4.35. The standard InChI is InChI=1S/C10H9F3N4OS2/c11-10(12,13)6-4-20-8(17-6)2-15-9(18)5-3-19-7(1-14)16-5/h3-4H,1-2,14H2,(H,15,18). The topological polar surface area (TPSA) is 80.9 Å². The van der Waals surface area contributed by atoms with E-state index in [0.717, 1.165) is 16.7 Å². The fourth-order valence-electron chi connectivity index (χ4n) is 1.28. The fraction of sp³-hybridized carbons (Fsp3) is 0.300. The molecule has 0 aliphatic heterocycles. The zero-order valence-electron chi connectivity index (χ0n) is 9.90. The number of halogens is 3. The molecule has 0 bridgehead atoms. The van der Waals surface area contributed by atoms with E-state index in [1.165, 1.54) is 11.3 Å². The number of hydrogen-bond donors (Lipinski definition) is 2. The highest BCUT2D eigenvalue weighted by molar-refractivity contribution is 7.10. The van der Waals surface area contributed by atoms with E-state index < -0.39 is 17.8 Å². The molecule has 0 spiro atoms. The molecule has 0 fully saturated rings. The van der Waals surface area contributed by atoms with Crippen molar-refractivity contribution in [2.45, 2.75) is 19.3 Å². The van der Waals surface area contributed by atoms with Crippen molar-refractivity contribution in [2.75, 3.05) is 0 Å². The molecule has 2 rings (SSSR count). The predicted molar refractivity (Wildman–Crippen MR) is 68.3 cm³/mol. The summed E-state index contributed by atoms with van der Waals surface area (Å²) < 4.78 is 37.0. The highest BCUT2D eigenvalue weighted by Crippen LogP contribution is 2.29. The molecule has 5 nitrogen and oxygen atoms in total. The zero-order chi connectivity index (χ0) is 14.8. The Morgan fingerprint density at radius 2 is 1.95 bits per heavy atom. The molecule has 0 aliphatic rings. The van der Waals surface area contributed by atoms with E-state index in [-0.39, 0.29) is 23.8 Å². The minimum Gasteiger partial charge on any atom is -0.344 e. The Morgan fingerprint density at radius 3 is 2.50 bits per heavy atom. The first-order valence-electron chi connectivity index (χ1n) is 5.34. The lowest BCUT2D eigenvalue weighted by Crippen LogP contribution is -2.23. The summed E-state index contributed by atoms with van der Waals surface area (Å²) in [5.74, 6) is -0.468. The highest BCUT2D eigenvalue weighted by Gasteiger charge is 2.33. The summed E-state index contributed by atoms with van der Waals surface area (Å²) in [6.07, 6.45) is -4.47. The average Bonchev–Trinajstić information content (AvgIpc) is 3.04. The maximum Gasteiger partial charge on any atom is 0.434 e. The first kappa shape index (κ1) is 14.9. The van der Waals surface area contributed by atoms with Gasteiger partial charge >= 0.3 is 6.18 Å². The second-order valence-corrected chi connectivity index (χ2v) is 5.52. The van der Waals surface area contributed by atoms with Crippen molar-refractivity contribution in [3.63, 3.8) is 0 Å². The number of nitrogens with zero attached hydrogens (tertiary/aromatic N) is 2. The van der Waals surface area contributed by atoms with Crippen LogP contribution in [-0.2, 0) is 19.3 Å². The van der Waals surface area contributed by atoms with Crippen molar-refractivity contribution in [1.82, 2.24) is 15.3 Å². The summed E-state index contributed by atoms with van der Waals surface area (Å²) in [5.41, 5.74) is 4.62. The molecule has 0 aromatic carbocycles. The van der Waals surface area contributed by atoms with E-state index >= 15 is 0 Å². The lowest BCUT2D eigenvalue weighted by atomic mass is 10.4. The van der Waals surface area contributed by atoms with Gasteiger partial charge in [0.25, 0.3) is 5.91 Å². The molecule has 0 saturated heterocycles. The van der Waals surface area contributed by atoms with Crippen LogP contribution in [0.4, 0.5) is 13.2 Å². The molecule has 3 N–H and O–H groups in total. The minimum absolute atomic E-state index is 0.0743. The molecular weight excluding hydrogens is 313 g/mol. The van der Waals surface area contributed by atoms with E-state index in [0.29, 0.717) is 5.01 Å². The summed E-state index contributed by atoms with van der Waals surface area (Å²) in [4.78, 5) is 19.1. The lowest BCUT2D eigenvalue weighted by molar-refractivity contribution is -0.140. The number of rotatable bonds is 4. The molecular formula is C10H9F3N4OS2. The van der Waals surface area contributed by atoms with E-state index in [1.807, 2.05) is 0 Å². The van der Waals surface area contributed by atoms with E-state index in [2.05, 4.69) is 15.3 Å². The maximum atomic E-state index is 12.3. The van der Waals surface area contributed by atoms with Crippen LogP contribution in [0.3, 0.4) is 0 Å². The molecule has 0 radical (unpaired) electrons. The van der Waals surface area contributed by atoms with Gasteiger partial charge in [0.2, 0.25) is 0 Å². The SMILES string of the molecule is NCc1nc(C(=O)NCc2nc(C(F)(F)F)cs2)cs1. The van der Waals surface area contributed by atoms with Gasteiger partial charge in [0.15, 0.2) is 5.69 Å². The molecule has 20 heavy (non-hydrogen) atoms. The summed E-state index contributed by atoms with van der Waals surface area (Å²) in [5, 5.41) is 5.71. The third-order valence-corrected chi connectivity index (χ3v) is 3.92. The minimum atomic E-state index is -4.47. The number of aromatic nitrogens is 2. The number of nitrogens with two attached hydrogens (primary N) is 1. The Bertz CT molecular complexity index is 608. The molecule has 0 unspecified atom stereocenters. The van der Waals surface area contributed by atoms with Crippen molar-refractivity contribution in [1.29, 1.82) is 0 Å². The summed E-state index contributed by atoms with van der Waals surface area (Å²) >= 11 is 2.09. The van der Waals surface area contributed by atoms with Crippen LogP contribution < -0.4 is 11.1 Å². The van der Waals surface area contributed by atoms with Crippen molar-refractivity contribution in [3.8, 4) is 0 Å². The quantitative estimate of drug-likeness (QED) is 0.902. The van der Waals surface area contributed by atoms with Crippen molar-refractivity contribution >= 4 is 28.6 Å². The fourth-order valence-corrected chi connectivity index (χ4v) is 2.67. The zero-order valence-corrected chi connectivity index (χ0v) is 11.5. The van der Waals surface area contributed by atoms with Gasteiger partial charge in [-0.3, -0.25) is 4.79 Å². The Morgan fingerprint density at radius 1 is 1.25 bits per heavy atom. The number of hydrogen-bond acceptors (Lipinski definition) is 6. The first-order chi connectivity index (χ1) is 9.40. The molecule has 10 heteroatoms. The molecule has 2 heterocycles. The van der Waals surface area contributed by atoms with Crippen LogP contribution >= 0.6 is 22.7 Å². The second-order valence-electron chi connectivity index (χ2n) is 3.64. The van der Waals surface area contributed by atoms with Crippen LogP contribution in [0.15, 0.2) is 10.8 Å². The highest BCUT2D eigenvalue weighted by atomic mass is 32.1. The number of carbonyl (C=O) groups is 1. The number of nitrogens with one attached hydrogen (secondary N) is 1. The third kappa shape index (κ3) is 3.52. The third-order valence-electron chi connectivity index (χ3n) is 2.20. The van der Waals surface area contributed by atoms with E-state index in [1.54, 1.807) is 5.38 Å².